The number of methoxy groups -OCH3 is 1. The van der Waals surface area contributed by atoms with Gasteiger partial charge in [-0.3, -0.25) is 4.79 Å². The number of hydrogen-bond acceptors (Lipinski definition) is 5. The molecule has 0 aliphatic carbocycles. The normalized spacial score (nSPS) is 11.3. The van der Waals surface area contributed by atoms with Crippen LogP contribution >= 0.6 is 0 Å². The van der Waals surface area contributed by atoms with E-state index in [1.807, 2.05) is 18.2 Å². The number of ketones is 1. The number of sulfonamides is 1. The third-order valence-corrected chi connectivity index (χ3v) is 5.16. The Morgan fingerprint density at radius 1 is 1.07 bits per heavy atom. The van der Waals surface area contributed by atoms with E-state index in [9.17, 15) is 13.2 Å². The maximum Gasteiger partial charge on any atom is 0.241 e. The van der Waals surface area contributed by atoms with Crippen LogP contribution in [0, 0.1) is 0 Å². The maximum atomic E-state index is 12.3. The topological polar surface area (TPSA) is 98.5 Å². The highest BCUT2D eigenvalue weighted by molar-refractivity contribution is 7.89. The Hall–Kier alpha value is -2.22. The van der Waals surface area contributed by atoms with Gasteiger partial charge in [0.2, 0.25) is 10.0 Å². The van der Waals surface area contributed by atoms with Crippen LogP contribution < -0.4 is 15.2 Å². The molecule has 27 heavy (non-hydrogen) atoms. The first kappa shape index (κ1) is 21.1. The molecule has 6 nitrogen and oxygen atoms in total. The van der Waals surface area contributed by atoms with E-state index in [0.717, 1.165) is 32.4 Å². The molecular weight excluding hydrogens is 364 g/mol. The lowest BCUT2D eigenvalue weighted by Crippen LogP contribution is -2.18. The minimum atomic E-state index is -3.95. The van der Waals surface area contributed by atoms with Crippen molar-refractivity contribution in [3.05, 3.63) is 59.7 Å². The second kappa shape index (κ2) is 10.2. The van der Waals surface area contributed by atoms with Crippen molar-refractivity contribution in [1.82, 2.24) is 5.32 Å². The standard InChI is InChI=1S/C20H26N2O4S/c1-26-19-11-10-17(15-20(19)27(21,24)25)18(23)9-5-6-13-22-14-12-16-7-3-2-4-8-16/h2-4,7-8,10-11,15,22H,5-6,9,12-14H2,1H3,(H2,21,24,25). The van der Waals surface area contributed by atoms with E-state index >= 15 is 0 Å². The number of unbranched alkanes of at least 4 members (excludes halogenated alkanes) is 1. The average molecular weight is 391 g/mol. The number of rotatable bonds is 11. The second-order valence-electron chi connectivity index (χ2n) is 6.28. The second-order valence-corrected chi connectivity index (χ2v) is 7.81. The number of nitrogens with one attached hydrogen (secondary N) is 1. The first-order valence-corrected chi connectivity index (χ1v) is 10.4. The summed E-state index contributed by atoms with van der Waals surface area (Å²) in [6, 6.07) is 14.6. The zero-order chi connectivity index (χ0) is 19.7. The lowest BCUT2D eigenvalue weighted by atomic mass is 10.1. The zero-order valence-corrected chi connectivity index (χ0v) is 16.3. The predicted molar refractivity (Wildman–Crippen MR) is 106 cm³/mol. The van der Waals surface area contributed by atoms with E-state index in [1.54, 1.807) is 6.07 Å². The molecule has 0 saturated heterocycles. The van der Waals surface area contributed by atoms with Gasteiger partial charge in [0.1, 0.15) is 10.6 Å². The van der Waals surface area contributed by atoms with E-state index in [-0.39, 0.29) is 16.4 Å². The van der Waals surface area contributed by atoms with Gasteiger partial charge >= 0.3 is 0 Å². The molecule has 0 fully saturated rings. The number of carbonyl (C=O) groups is 1. The summed E-state index contributed by atoms with van der Waals surface area (Å²) in [6.45, 7) is 1.74. The Kier molecular flexibility index (Phi) is 7.97. The fourth-order valence-electron chi connectivity index (χ4n) is 2.75. The molecule has 0 spiro atoms. The van der Waals surface area contributed by atoms with Crippen LogP contribution in [-0.4, -0.2) is 34.4 Å². The minimum absolute atomic E-state index is 0.105. The van der Waals surface area contributed by atoms with Crippen molar-refractivity contribution in [1.29, 1.82) is 0 Å². The first-order valence-electron chi connectivity index (χ1n) is 8.90. The van der Waals surface area contributed by atoms with Crippen molar-refractivity contribution >= 4 is 15.8 Å². The predicted octanol–water partition coefficient (Wildman–Crippen LogP) is 2.53. The van der Waals surface area contributed by atoms with Crippen LogP contribution in [0.1, 0.15) is 35.2 Å². The highest BCUT2D eigenvalue weighted by atomic mass is 32.2. The molecule has 0 saturated carbocycles. The van der Waals surface area contributed by atoms with Gasteiger partial charge in [0.15, 0.2) is 5.78 Å². The molecule has 146 valence electrons. The van der Waals surface area contributed by atoms with E-state index in [4.69, 9.17) is 9.88 Å². The lowest BCUT2D eigenvalue weighted by molar-refractivity contribution is 0.0979. The molecule has 2 rings (SSSR count). The molecule has 0 heterocycles. The third kappa shape index (κ3) is 6.78. The highest BCUT2D eigenvalue weighted by Gasteiger charge is 2.17. The van der Waals surface area contributed by atoms with Crippen molar-refractivity contribution in [2.24, 2.45) is 5.14 Å². The van der Waals surface area contributed by atoms with Gasteiger partial charge in [0.25, 0.3) is 0 Å². The third-order valence-electron chi connectivity index (χ3n) is 4.23. The highest BCUT2D eigenvalue weighted by Crippen LogP contribution is 2.24. The molecule has 0 aliphatic heterocycles. The SMILES string of the molecule is COc1ccc(C(=O)CCCCNCCc2ccccc2)cc1S(N)(=O)=O. The van der Waals surface area contributed by atoms with Gasteiger partial charge in [0, 0.05) is 12.0 Å². The van der Waals surface area contributed by atoms with Crippen molar-refractivity contribution in [3.8, 4) is 5.75 Å². The Labute approximate surface area is 160 Å². The summed E-state index contributed by atoms with van der Waals surface area (Å²) < 4.78 is 28.3. The van der Waals surface area contributed by atoms with Crippen LogP contribution in [0.3, 0.4) is 0 Å². The molecule has 7 heteroatoms. The largest absolute Gasteiger partial charge is 0.495 e. The van der Waals surface area contributed by atoms with Gasteiger partial charge in [-0.2, -0.15) is 0 Å². The number of ether oxygens (including phenoxy) is 1. The van der Waals surface area contributed by atoms with Gasteiger partial charge in [0.05, 0.1) is 7.11 Å². The molecule has 0 radical (unpaired) electrons. The molecular formula is C20H26N2O4S. The quantitative estimate of drug-likeness (QED) is 0.454. The Bertz CT molecular complexity index is 852. The number of nitrogens with two attached hydrogens (primary N) is 1. The molecule has 0 bridgehead atoms. The van der Waals surface area contributed by atoms with Crippen LogP contribution in [-0.2, 0) is 16.4 Å². The number of carbonyl (C=O) groups excluding carboxylic acids is 1. The summed E-state index contributed by atoms with van der Waals surface area (Å²) in [6.07, 6.45) is 2.94. The summed E-state index contributed by atoms with van der Waals surface area (Å²) in [5.41, 5.74) is 1.63. The molecule has 0 unspecified atom stereocenters. The van der Waals surface area contributed by atoms with E-state index in [1.165, 1.54) is 24.8 Å². The van der Waals surface area contributed by atoms with Crippen molar-refractivity contribution in [2.45, 2.75) is 30.6 Å². The van der Waals surface area contributed by atoms with Crippen LogP contribution in [0.25, 0.3) is 0 Å². The zero-order valence-electron chi connectivity index (χ0n) is 15.5. The van der Waals surface area contributed by atoms with Crippen molar-refractivity contribution in [2.75, 3.05) is 20.2 Å². The van der Waals surface area contributed by atoms with E-state index in [2.05, 4.69) is 17.4 Å². The van der Waals surface area contributed by atoms with Gasteiger partial charge in [-0.25, -0.2) is 13.6 Å². The molecule has 0 aromatic heterocycles. The van der Waals surface area contributed by atoms with Crippen molar-refractivity contribution in [3.63, 3.8) is 0 Å². The number of Topliss-reactive ketones (excluding diaryl/α,β-unsaturated/α-hetero) is 1. The summed E-state index contributed by atoms with van der Waals surface area (Å²) in [7, 11) is -2.59. The van der Waals surface area contributed by atoms with Crippen LogP contribution in [0.15, 0.2) is 53.4 Å². The van der Waals surface area contributed by atoms with Gasteiger partial charge < -0.3 is 10.1 Å². The first-order chi connectivity index (χ1) is 12.9. The summed E-state index contributed by atoms with van der Waals surface area (Å²) in [5, 5.41) is 8.55. The fourth-order valence-corrected chi connectivity index (χ4v) is 3.48. The molecule has 0 aliphatic rings. The molecule has 2 aromatic carbocycles. The molecule has 3 N–H and O–H groups in total. The monoisotopic (exact) mass is 390 g/mol. The maximum absolute atomic E-state index is 12.3. The average Bonchev–Trinajstić information content (AvgIpc) is 2.66. The Morgan fingerprint density at radius 3 is 2.48 bits per heavy atom. The van der Waals surface area contributed by atoms with Gasteiger partial charge in [-0.1, -0.05) is 30.3 Å². The number of primary sulfonamides is 1. The number of benzene rings is 2. The van der Waals surface area contributed by atoms with Crippen LogP contribution in [0.2, 0.25) is 0 Å². The van der Waals surface area contributed by atoms with Crippen molar-refractivity contribution < 1.29 is 17.9 Å². The molecule has 0 amide bonds. The van der Waals surface area contributed by atoms with Gasteiger partial charge in [-0.15, -0.1) is 0 Å². The smallest absolute Gasteiger partial charge is 0.241 e. The van der Waals surface area contributed by atoms with Crippen LogP contribution in [0.5, 0.6) is 5.75 Å². The fraction of sp³-hybridized carbons (Fsp3) is 0.350. The summed E-state index contributed by atoms with van der Waals surface area (Å²) >= 11 is 0. The van der Waals surface area contributed by atoms with Gasteiger partial charge in [-0.05, 0) is 56.1 Å². The number of hydrogen-bond donors (Lipinski definition) is 2. The summed E-state index contributed by atoms with van der Waals surface area (Å²) in [4.78, 5) is 12.1. The molecule has 0 atom stereocenters. The van der Waals surface area contributed by atoms with E-state index < -0.39 is 10.0 Å². The lowest BCUT2D eigenvalue weighted by Gasteiger charge is -2.09. The Balaban J connectivity index is 1.74. The molecule has 2 aromatic rings. The summed E-state index contributed by atoms with van der Waals surface area (Å²) in [5.74, 6) is 0.0310. The van der Waals surface area contributed by atoms with Crippen LogP contribution in [0.4, 0.5) is 0 Å². The van der Waals surface area contributed by atoms with E-state index in [0.29, 0.717) is 12.0 Å². The Morgan fingerprint density at radius 2 is 1.81 bits per heavy atom. The minimum Gasteiger partial charge on any atom is -0.495 e.